The lowest BCUT2D eigenvalue weighted by molar-refractivity contribution is -0.136. The van der Waals surface area contributed by atoms with E-state index in [-0.39, 0.29) is 0 Å². The zero-order valence-corrected chi connectivity index (χ0v) is 12.5. The molecule has 0 radical (unpaired) electrons. The molecule has 0 saturated carbocycles. The second-order valence-electron chi connectivity index (χ2n) is 4.84. The minimum Gasteiger partial charge on any atom is -0.480 e. The van der Waals surface area contributed by atoms with Gasteiger partial charge in [0.25, 0.3) is 0 Å². The second-order valence-corrected chi connectivity index (χ2v) is 6.58. The average Bonchev–Trinajstić information content (AvgIpc) is 2.52. The van der Waals surface area contributed by atoms with E-state index in [4.69, 9.17) is 0 Å². The van der Waals surface area contributed by atoms with Gasteiger partial charge in [-0.15, -0.1) is 0 Å². The molecule has 0 aliphatic heterocycles. The van der Waals surface area contributed by atoms with Crippen molar-refractivity contribution in [1.29, 1.82) is 0 Å². The van der Waals surface area contributed by atoms with E-state index in [1.54, 1.807) is 0 Å². The largest absolute Gasteiger partial charge is 0.480 e. The molecular formula is C17H18O3S. The van der Waals surface area contributed by atoms with Gasteiger partial charge in [-0.1, -0.05) is 60.7 Å². The van der Waals surface area contributed by atoms with Gasteiger partial charge in [-0.25, -0.2) is 0 Å². The lowest BCUT2D eigenvalue weighted by atomic mass is 10.1. The van der Waals surface area contributed by atoms with Crippen LogP contribution in [0.25, 0.3) is 0 Å². The molecule has 2 aromatic rings. The summed E-state index contributed by atoms with van der Waals surface area (Å²) in [5.74, 6) is -0.626. The Kier molecular flexibility index (Phi) is 5.69. The fourth-order valence-corrected chi connectivity index (χ4v) is 3.45. The first-order valence-corrected chi connectivity index (χ1v) is 8.23. The van der Waals surface area contributed by atoms with Crippen LogP contribution < -0.4 is 0 Å². The molecular weight excluding hydrogens is 284 g/mol. The summed E-state index contributed by atoms with van der Waals surface area (Å²) in [5, 5.41) is 8.46. The highest BCUT2D eigenvalue weighted by molar-refractivity contribution is 7.86. The van der Waals surface area contributed by atoms with Gasteiger partial charge in [-0.05, 0) is 24.0 Å². The predicted octanol–water partition coefficient (Wildman–Crippen LogP) is 2.67. The number of hydrogen-bond acceptors (Lipinski definition) is 2. The number of benzene rings is 2. The van der Waals surface area contributed by atoms with E-state index in [9.17, 15) is 14.1 Å². The van der Waals surface area contributed by atoms with Crippen molar-refractivity contribution in [1.82, 2.24) is 0 Å². The Morgan fingerprint density at radius 2 is 1.48 bits per heavy atom. The Bertz CT molecular complexity index is 596. The lowest BCUT2D eigenvalue weighted by Gasteiger charge is -2.12. The Morgan fingerprint density at radius 3 is 2.00 bits per heavy atom. The Morgan fingerprint density at radius 1 is 0.952 bits per heavy atom. The van der Waals surface area contributed by atoms with Crippen LogP contribution in [-0.2, 0) is 28.4 Å². The van der Waals surface area contributed by atoms with Crippen molar-refractivity contribution < 1.29 is 14.1 Å². The number of carbonyl (C=O) groups is 1. The molecule has 0 heterocycles. The highest BCUT2D eigenvalue weighted by Crippen LogP contribution is 2.10. The summed E-state index contributed by atoms with van der Waals surface area (Å²) in [6.07, 6.45) is 0.934. The second kappa shape index (κ2) is 7.74. The molecule has 0 spiro atoms. The normalized spacial score (nSPS) is 13.5. The first kappa shape index (κ1) is 15.4. The minimum absolute atomic E-state index is 0.303. The number of rotatable bonds is 7. The van der Waals surface area contributed by atoms with E-state index < -0.39 is 22.0 Å². The molecule has 4 heteroatoms. The summed E-state index contributed by atoms with van der Waals surface area (Å²) in [7, 11) is -1.39. The summed E-state index contributed by atoms with van der Waals surface area (Å²) in [6, 6.07) is 19.0. The van der Waals surface area contributed by atoms with Crippen molar-refractivity contribution in [3.63, 3.8) is 0 Å². The Hall–Kier alpha value is -1.94. The number of aliphatic carboxylic acids is 1. The van der Waals surface area contributed by atoms with E-state index in [1.807, 2.05) is 60.7 Å². The zero-order valence-electron chi connectivity index (χ0n) is 11.6. The van der Waals surface area contributed by atoms with Gasteiger partial charge >= 0.3 is 5.97 Å². The number of carboxylic acid groups (broad SMARTS) is 1. The van der Waals surface area contributed by atoms with E-state index in [0.29, 0.717) is 18.6 Å². The number of carboxylic acids is 1. The fraction of sp³-hybridized carbons (Fsp3) is 0.235. The SMILES string of the molecule is O=C(O)C(Cc1ccccc1)S(=O)CCc1ccccc1. The topological polar surface area (TPSA) is 54.4 Å². The molecule has 110 valence electrons. The monoisotopic (exact) mass is 302 g/mol. The minimum atomic E-state index is -1.39. The maximum absolute atomic E-state index is 12.3. The summed E-state index contributed by atoms with van der Waals surface area (Å²) in [4.78, 5) is 11.4. The summed E-state index contributed by atoms with van der Waals surface area (Å²) >= 11 is 0. The molecule has 0 aliphatic rings. The summed E-state index contributed by atoms with van der Waals surface area (Å²) in [5.41, 5.74) is 1.98. The number of hydrogen-bond donors (Lipinski definition) is 1. The van der Waals surface area contributed by atoms with Crippen molar-refractivity contribution in [2.75, 3.05) is 5.75 Å². The van der Waals surface area contributed by atoms with Crippen LogP contribution in [0.1, 0.15) is 11.1 Å². The molecule has 0 saturated heterocycles. The van der Waals surface area contributed by atoms with Gasteiger partial charge in [0.1, 0.15) is 5.25 Å². The lowest BCUT2D eigenvalue weighted by Crippen LogP contribution is -2.30. The molecule has 3 nitrogen and oxygen atoms in total. The van der Waals surface area contributed by atoms with Crippen LogP contribution in [0.4, 0.5) is 0 Å². The molecule has 1 N–H and O–H groups in total. The van der Waals surface area contributed by atoms with Gasteiger partial charge in [-0.3, -0.25) is 9.00 Å². The van der Waals surface area contributed by atoms with Crippen molar-refractivity contribution in [3.8, 4) is 0 Å². The molecule has 0 aliphatic carbocycles. The van der Waals surface area contributed by atoms with Gasteiger partial charge in [-0.2, -0.15) is 0 Å². The van der Waals surface area contributed by atoms with Crippen LogP contribution in [0.15, 0.2) is 60.7 Å². The molecule has 2 rings (SSSR count). The summed E-state index contributed by atoms with van der Waals surface area (Å²) in [6.45, 7) is 0. The van der Waals surface area contributed by atoms with Crippen LogP contribution in [-0.4, -0.2) is 26.3 Å². The van der Waals surface area contributed by atoms with Crippen LogP contribution >= 0.6 is 0 Å². The quantitative estimate of drug-likeness (QED) is 0.855. The van der Waals surface area contributed by atoms with Gasteiger partial charge in [0.2, 0.25) is 0 Å². The summed E-state index contributed by atoms with van der Waals surface area (Å²) < 4.78 is 12.3. The van der Waals surface area contributed by atoms with Gasteiger partial charge in [0.15, 0.2) is 0 Å². The van der Waals surface area contributed by atoms with Gasteiger partial charge in [0.05, 0.1) is 0 Å². The van der Waals surface area contributed by atoms with Crippen molar-refractivity contribution in [2.24, 2.45) is 0 Å². The first-order valence-electron chi connectivity index (χ1n) is 6.84. The first-order chi connectivity index (χ1) is 10.2. The zero-order chi connectivity index (χ0) is 15.1. The molecule has 0 bridgehead atoms. The predicted molar refractivity (Wildman–Crippen MR) is 84.7 cm³/mol. The highest BCUT2D eigenvalue weighted by Gasteiger charge is 2.24. The van der Waals surface area contributed by atoms with E-state index >= 15 is 0 Å². The van der Waals surface area contributed by atoms with Gasteiger partial charge in [0, 0.05) is 16.6 Å². The van der Waals surface area contributed by atoms with Crippen LogP contribution in [0.5, 0.6) is 0 Å². The van der Waals surface area contributed by atoms with Crippen molar-refractivity contribution >= 4 is 16.8 Å². The van der Waals surface area contributed by atoms with E-state index in [1.165, 1.54) is 0 Å². The Balaban J connectivity index is 1.98. The van der Waals surface area contributed by atoms with Crippen molar-refractivity contribution in [3.05, 3.63) is 71.8 Å². The number of aryl methyl sites for hydroxylation is 1. The maximum atomic E-state index is 12.3. The third kappa shape index (κ3) is 4.83. The molecule has 2 unspecified atom stereocenters. The van der Waals surface area contributed by atoms with Crippen LogP contribution in [0.3, 0.4) is 0 Å². The third-order valence-electron chi connectivity index (χ3n) is 3.29. The Labute approximate surface area is 127 Å². The van der Waals surface area contributed by atoms with E-state index in [2.05, 4.69) is 0 Å². The maximum Gasteiger partial charge on any atom is 0.319 e. The van der Waals surface area contributed by atoms with Gasteiger partial charge < -0.3 is 5.11 Å². The van der Waals surface area contributed by atoms with Crippen LogP contribution in [0.2, 0.25) is 0 Å². The molecule has 0 aromatic heterocycles. The fourth-order valence-electron chi connectivity index (χ4n) is 2.13. The standard InChI is InChI=1S/C17H18O3S/c18-17(19)16(13-15-9-5-2-6-10-15)21(20)12-11-14-7-3-1-4-8-14/h1-10,16H,11-13H2,(H,18,19). The molecule has 0 fully saturated rings. The third-order valence-corrected chi connectivity index (χ3v) is 4.90. The molecule has 0 amide bonds. The highest BCUT2D eigenvalue weighted by atomic mass is 32.2. The molecule has 2 atom stereocenters. The molecule has 21 heavy (non-hydrogen) atoms. The smallest absolute Gasteiger partial charge is 0.319 e. The molecule has 2 aromatic carbocycles. The average molecular weight is 302 g/mol. The van der Waals surface area contributed by atoms with Crippen LogP contribution in [0, 0.1) is 0 Å². The van der Waals surface area contributed by atoms with Crippen molar-refractivity contribution in [2.45, 2.75) is 18.1 Å². The van der Waals surface area contributed by atoms with E-state index in [0.717, 1.165) is 11.1 Å².